The normalized spacial score (nSPS) is 51.2. The van der Waals surface area contributed by atoms with Crippen molar-refractivity contribution in [3.63, 3.8) is 0 Å². The Morgan fingerprint density at radius 1 is 1.25 bits per heavy atom. The molecule has 2 nitrogen and oxygen atoms in total. The first-order chi connectivity index (χ1) is 7.43. The van der Waals surface area contributed by atoms with Crippen molar-refractivity contribution in [2.75, 3.05) is 6.61 Å². The first-order valence-corrected chi connectivity index (χ1v) is 6.59. The van der Waals surface area contributed by atoms with Crippen LogP contribution in [-0.2, 0) is 9.53 Å². The third kappa shape index (κ3) is 1.11. The van der Waals surface area contributed by atoms with Crippen LogP contribution in [0.3, 0.4) is 0 Å². The summed E-state index contributed by atoms with van der Waals surface area (Å²) in [6, 6.07) is 0. The molecule has 3 aliphatic carbocycles. The highest BCUT2D eigenvalue weighted by Crippen LogP contribution is 2.79. The molecule has 3 aliphatic rings. The molecule has 0 spiro atoms. The van der Waals surface area contributed by atoms with Crippen molar-refractivity contribution in [1.29, 1.82) is 0 Å². The molecule has 3 rings (SSSR count). The third-order valence-electron chi connectivity index (χ3n) is 5.85. The number of carbonyl (C=O) groups is 1. The van der Waals surface area contributed by atoms with Crippen LogP contribution >= 0.6 is 0 Å². The Labute approximate surface area is 97.7 Å². The number of rotatable bonds is 2. The predicted octanol–water partition coefficient (Wildman–Crippen LogP) is 2.87. The van der Waals surface area contributed by atoms with Gasteiger partial charge in [0, 0.05) is 0 Å². The van der Waals surface area contributed by atoms with Gasteiger partial charge in [-0.15, -0.1) is 0 Å². The van der Waals surface area contributed by atoms with Crippen LogP contribution in [0.4, 0.5) is 0 Å². The van der Waals surface area contributed by atoms with Gasteiger partial charge < -0.3 is 4.74 Å². The monoisotopic (exact) mass is 222 g/mol. The Bertz CT molecular complexity index is 347. The number of hydrogen-bond donors (Lipinski definition) is 0. The van der Waals surface area contributed by atoms with Crippen LogP contribution in [0, 0.1) is 34.5 Å². The van der Waals surface area contributed by atoms with Gasteiger partial charge in [-0.05, 0) is 48.3 Å². The lowest BCUT2D eigenvalue weighted by molar-refractivity contribution is -0.145. The Balaban J connectivity index is 1.71. The molecule has 0 aliphatic heterocycles. The van der Waals surface area contributed by atoms with Crippen molar-refractivity contribution >= 4 is 5.97 Å². The van der Waals surface area contributed by atoms with Crippen LogP contribution in [0.15, 0.2) is 0 Å². The minimum Gasteiger partial charge on any atom is -0.466 e. The second-order valence-electron chi connectivity index (χ2n) is 6.82. The summed E-state index contributed by atoms with van der Waals surface area (Å²) in [5.41, 5.74) is 0.830. The van der Waals surface area contributed by atoms with Gasteiger partial charge in [0.2, 0.25) is 0 Å². The highest BCUT2D eigenvalue weighted by atomic mass is 16.5. The van der Waals surface area contributed by atoms with Gasteiger partial charge in [0.1, 0.15) is 0 Å². The maximum atomic E-state index is 11.8. The molecule has 1 unspecified atom stereocenters. The van der Waals surface area contributed by atoms with Crippen LogP contribution in [0.1, 0.15) is 40.5 Å². The molecule has 0 N–H and O–H groups in total. The van der Waals surface area contributed by atoms with Crippen molar-refractivity contribution in [2.24, 2.45) is 34.5 Å². The van der Waals surface area contributed by atoms with Crippen LogP contribution in [0.2, 0.25) is 0 Å². The molecule has 0 saturated heterocycles. The van der Waals surface area contributed by atoms with E-state index < -0.39 is 0 Å². The smallest absolute Gasteiger partial charge is 0.309 e. The fraction of sp³-hybridized carbons (Fsp3) is 0.929. The van der Waals surface area contributed by atoms with E-state index in [2.05, 4.69) is 20.8 Å². The van der Waals surface area contributed by atoms with Gasteiger partial charge >= 0.3 is 5.97 Å². The minimum absolute atomic E-state index is 0.0640. The molecule has 2 heteroatoms. The van der Waals surface area contributed by atoms with E-state index in [1.165, 1.54) is 12.8 Å². The van der Waals surface area contributed by atoms with Crippen molar-refractivity contribution in [2.45, 2.75) is 40.5 Å². The molecule has 0 aromatic carbocycles. The average Bonchev–Trinajstić information content (AvgIpc) is 2.96. The molecule has 90 valence electrons. The number of esters is 1. The average molecular weight is 222 g/mol. The standard InChI is InChI=1S/C14H22O2/c1-5-16-12(15)11-9-6-8-10(13(8,2)3)7-14(9,11)4/h8-11H,5-7H2,1-4H3/t8-,9?,10+,11-,14+/m1/s1. The van der Waals surface area contributed by atoms with Crippen molar-refractivity contribution in [3.8, 4) is 0 Å². The van der Waals surface area contributed by atoms with E-state index in [1.807, 2.05) is 6.92 Å². The van der Waals surface area contributed by atoms with Gasteiger partial charge in [-0.3, -0.25) is 4.79 Å². The minimum atomic E-state index is 0.0640. The molecule has 0 amide bonds. The van der Waals surface area contributed by atoms with E-state index in [9.17, 15) is 4.79 Å². The van der Waals surface area contributed by atoms with E-state index >= 15 is 0 Å². The first kappa shape index (κ1) is 10.6. The van der Waals surface area contributed by atoms with E-state index in [1.54, 1.807) is 0 Å². The topological polar surface area (TPSA) is 26.3 Å². The second-order valence-corrected chi connectivity index (χ2v) is 6.82. The van der Waals surface area contributed by atoms with Crippen LogP contribution in [0.25, 0.3) is 0 Å². The molecule has 0 aromatic rings. The predicted molar refractivity (Wildman–Crippen MR) is 61.7 cm³/mol. The van der Waals surface area contributed by atoms with Crippen molar-refractivity contribution in [1.82, 2.24) is 0 Å². The second kappa shape index (κ2) is 2.83. The number of hydrogen-bond acceptors (Lipinski definition) is 2. The van der Waals surface area contributed by atoms with Crippen molar-refractivity contribution < 1.29 is 9.53 Å². The highest BCUT2D eigenvalue weighted by molar-refractivity contribution is 5.78. The molecule has 16 heavy (non-hydrogen) atoms. The van der Waals surface area contributed by atoms with E-state index in [0.29, 0.717) is 17.9 Å². The molecule has 0 bridgehead atoms. The largest absolute Gasteiger partial charge is 0.466 e. The zero-order valence-electron chi connectivity index (χ0n) is 10.7. The zero-order valence-corrected chi connectivity index (χ0v) is 10.7. The van der Waals surface area contributed by atoms with E-state index in [0.717, 1.165) is 11.8 Å². The van der Waals surface area contributed by atoms with Gasteiger partial charge in [-0.1, -0.05) is 20.8 Å². The summed E-state index contributed by atoms with van der Waals surface area (Å²) in [6.45, 7) is 9.48. The van der Waals surface area contributed by atoms with Gasteiger partial charge in [-0.2, -0.15) is 0 Å². The summed E-state index contributed by atoms with van der Waals surface area (Å²) in [6.07, 6.45) is 2.51. The Morgan fingerprint density at radius 2 is 1.94 bits per heavy atom. The Morgan fingerprint density at radius 3 is 2.50 bits per heavy atom. The summed E-state index contributed by atoms with van der Waals surface area (Å²) < 4.78 is 5.19. The van der Waals surface area contributed by atoms with Crippen LogP contribution in [-0.4, -0.2) is 12.6 Å². The molecule has 3 fully saturated rings. The lowest BCUT2D eigenvalue weighted by Gasteiger charge is -2.15. The van der Waals surface area contributed by atoms with E-state index in [4.69, 9.17) is 4.74 Å². The quantitative estimate of drug-likeness (QED) is 0.672. The maximum Gasteiger partial charge on any atom is 0.309 e. The molecule has 0 aromatic heterocycles. The first-order valence-electron chi connectivity index (χ1n) is 6.59. The van der Waals surface area contributed by atoms with Gasteiger partial charge in [0.15, 0.2) is 0 Å². The summed E-state index contributed by atoms with van der Waals surface area (Å²) in [4.78, 5) is 11.8. The fourth-order valence-electron chi connectivity index (χ4n) is 4.49. The number of carbonyl (C=O) groups excluding carboxylic acids is 1. The van der Waals surface area contributed by atoms with Crippen LogP contribution < -0.4 is 0 Å². The molecular weight excluding hydrogens is 200 g/mol. The molecule has 0 heterocycles. The Hall–Kier alpha value is -0.530. The van der Waals surface area contributed by atoms with Crippen molar-refractivity contribution in [3.05, 3.63) is 0 Å². The summed E-state index contributed by atoms with van der Waals surface area (Å²) in [5.74, 6) is 2.65. The SMILES string of the molecule is CCOC(=O)[C@H]1C2C[C@@H]3[C@H](C[C@@]21C)C3(C)C. The van der Waals surface area contributed by atoms with Gasteiger partial charge in [0.05, 0.1) is 12.5 Å². The molecule has 0 radical (unpaired) electrons. The molecule has 5 atom stereocenters. The summed E-state index contributed by atoms with van der Waals surface area (Å²) in [7, 11) is 0. The maximum absolute atomic E-state index is 11.8. The fourth-order valence-corrected chi connectivity index (χ4v) is 4.49. The lowest BCUT2D eigenvalue weighted by atomic mass is 9.90. The number of fused-ring (bicyclic) bond motifs is 2. The highest BCUT2D eigenvalue weighted by Gasteiger charge is 2.75. The van der Waals surface area contributed by atoms with Crippen LogP contribution in [0.5, 0.6) is 0 Å². The zero-order chi connectivity index (χ0) is 11.7. The summed E-state index contributed by atoms with van der Waals surface area (Å²) in [5, 5.41) is 0. The van der Waals surface area contributed by atoms with E-state index in [-0.39, 0.29) is 17.3 Å². The number of ether oxygens (including phenoxy) is 1. The Kier molecular flexibility index (Phi) is 1.88. The third-order valence-corrected chi connectivity index (χ3v) is 5.85. The molecule has 3 saturated carbocycles. The van der Waals surface area contributed by atoms with Gasteiger partial charge in [-0.25, -0.2) is 0 Å². The summed E-state index contributed by atoms with van der Waals surface area (Å²) >= 11 is 0. The lowest BCUT2D eigenvalue weighted by Crippen LogP contribution is -2.13. The molecular formula is C14H22O2. The van der Waals surface area contributed by atoms with Gasteiger partial charge in [0.25, 0.3) is 0 Å².